The quantitative estimate of drug-likeness (QED) is 0.190. The molecule has 0 aliphatic rings. The lowest BCUT2D eigenvalue weighted by molar-refractivity contribution is -0.144. The number of aliphatic hydroxyl groups is 1. The normalized spacial score (nSPS) is 14.0. The minimum absolute atomic E-state index is 0.0267. The number of nitrogens with zero attached hydrogens (tertiary/aromatic N) is 1. The number of hydrogen-bond donors (Lipinski definition) is 4. The highest BCUT2D eigenvalue weighted by Gasteiger charge is 2.36. The Hall–Kier alpha value is -2.49. The maximum absolute atomic E-state index is 13.2. The van der Waals surface area contributed by atoms with Crippen LogP contribution in [0.5, 0.6) is 5.75 Å². The van der Waals surface area contributed by atoms with Crippen molar-refractivity contribution in [3.8, 4) is 5.75 Å². The first-order valence-corrected chi connectivity index (χ1v) is 12.4. The molecule has 1 rings (SSSR count). The number of ether oxygens (including phenoxy) is 1. The molecule has 9 heteroatoms. The van der Waals surface area contributed by atoms with Crippen LogP contribution in [-0.2, 0) is 20.8 Å². The van der Waals surface area contributed by atoms with Crippen LogP contribution in [0.3, 0.4) is 0 Å². The van der Waals surface area contributed by atoms with Gasteiger partial charge in [-0.25, -0.2) is 0 Å². The summed E-state index contributed by atoms with van der Waals surface area (Å²) in [5.74, 6) is 0.548. The SMILES string of the molecule is CCC(C)C(NCCOc1ccccc1CCCNC(=O)CNC)C(=O)N(C)C(C=O)C(C)(C)O. The smallest absolute Gasteiger partial charge is 0.240 e. The fourth-order valence-electron chi connectivity index (χ4n) is 3.81. The Bertz CT molecular complexity index is 796. The van der Waals surface area contributed by atoms with Gasteiger partial charge in [-0.15, -0.1) is 0 Å². The van der Waals surface area contributed by atoms with E-state index in [4.69, 9.17) is 4.74 Å². The average Bonchev–Trinajstić information content (AvgIpc) is 2.81. The number of benzene rings is 1. The summed E-state index contributed by atoms with van der Waals surface area (Å²) < 4.78 is 6.00. The Kier molecular flexibility index (Phi) is 13.5. The van der Waals surface area contributed by atoms with Crippen molar-refractivity contribution >= 4 is 18.1 Å². The third-order valence-electron chi connectivity index (χ3n) is 6.08. The molecule has 0 radical (unpaired) electrons. The van der Waals surface area contributed by atoms with E-state index in [1.54, 1.807) is 14.1 Å². The first-order chi connectivity index (χ1) is 16.6. The summed E-state index contributed by atoms with van der Waals surface area (Å²) in [5.41, 5.74) is -0.280. The largest absolute Gasteiger partial charge is 0.492 e. The van der Waals surface area contributed by atoms with Gasteiger partial charge in [-0.05, 0) is 51.3 Å². The van der Waals surface area contributed by atoms with E-state index in [2.05, 4.69) is 16.0 Å². The Morgan fingerprint density at radius 2 is 1.91 bits per heavy atom. The van der Waals surface area contributed by atoms with Crippen LogP contribution in [0, 0.1) is 5.92 Å². The molecule has 0 spiro atoms. The molecule has 0 aromatic heterocycles. The Morgan fingerprint density at radius 1 is 1.23 bits per heavy atom. The van der Waals surface area contributed by atoms with Gasteiger partial charge in [0.05, 0.1) is 18.2 Å². The van der Waals surface area contributed by atoms with E-state index < -0.39 is 17.7 Å². The van der Waals surface area contributed by atoms with Crippen molar-refractivity contribution in [1.82, 2.24) is 20.9 Å². The zero-order valence-corrected chi connectivity index (χ0v) is 22.1. The molecule has 4 N–H and O–H groups in total. The van der Waals surface area contributed by atoms with Gasteiger partial charge in [0.15, 0.2) is 0 Å². The lowest BCUT2D eigenvalue weighted by Crippen LogP contribution is -2.57. The molecule has 9 nitrogen and oxygen atoms in total. The minimum atomic E-state index is -1.34. The van der Waals surface area contributed by atoms with Crippen LogP contribution in [-0.4, -0.2) is 86.1 Å². The van der Waals surface area contributed by atoms with Gasteiger partial charge in [0.25, 0.3) is 0 Å². The maximum atomic E-state index is 13.2. The number of carbonyl (C=O) groups excluding carboxylic acids is 3. The van der Waals surface area contributed by atoms with E-state index in [-0.39, 0.29) is 17.7 Å². The zero-order valence-electron chi connectivity index (χ0n) is 22.1. The lowest BCUT2D eigenvalue weighted by Gasteiger charge is -2.36. The molecule has 2 amide bonds. The molecule has 35 heavy (non-hydrogen) atoms. The number of likely N-dealkylation sites (N-methyl/N-ethyl adjacent to an activating group) is 2. The third kappa shape index (κ3) is 10.3. The summed E-state index contributed by atoms with van der Waals surface area (Å²) >= 11 is 0. The first-order valence-electron chi connectivity index (χ1n) is 12.4. The van der Waals surface area contributed by atoms with Gasteiger partial charge < -0.3 is 35.5 Å². The van der Waals surface area contributed by atoms with Crippen molar-refractivity contribution in [3.05, 3.63) is 29.8 Å². The van der Waals surface area contributed by atoms with Crippen molar-refractivity contribution in [2.45, 2.75) is 64.6 Å². The van der Waals surface area contributed by atoms with Gasteiger partial charge in [-0.2, -0.15) is 0 Å². The number of para-hydroxylation sites is 1. The number of hydrogen-bond acceptors (Lipinski definition) is 7. The summed E-state index contributed by atoms with van der Waals surface area (Å²) in [6.07, 6.45) is 2.95. The summed E-state index contributed by atoms with van der Waals surface area (Å²) in [5, 5.41) is 19.3. The van der Waals surface area contributed by atoms with Crippen LogP contribution in [0.25, 0.3) is 0 Å². The fraction of sp³-hybridized carbons (Fsp3) is 0.654. The van der Waals surface area contributed by atoms with Gasteiger partial charge in [-0.1, -0.05) is 38.5 Å². The predicted molar refractivity (Wildman–Crippen MR) is 137 cm³/mol. The second kappa shape index (κ2) is 15.5. The number of amides is 2. The molecule has 0 saturated carbocycles. The predicted octanol–water partition coefficient (Wildman–Crippen LogP) is 1.13. The molecule has 1 aromatic rings. The molecule has 1 aromatic carbocycles. The minimum Gasteiger partial charge on any atom is -0.492 e. The number of nitrogens with one attached hydrogen (secondary N) is 3. The van der Waals surface area contributed by atoms with Gasteiger partial charge in [0.1, 0.15) is 24.7 Å². The Morgan fingerprint density at radius 3 is 2.51 bits per heavy atom. The fourth-order valence-corrected chi connectivity index (χ4v) is 3.81. The van der Waals surface area contributed by atoms with E-state index in [9.17, 15) is 19.5 Å². The number of rotatable bonds is 17. The molecule has 198 valence electrons. The monoisotopic (exact) mass is 492 g/mol. The van der Waals surface area contributed by atoms with Gasteiger partial charge in [-0.3, -0.25) is 9.59 Å². The van der Waals surface area contributed by atoms with Crippen LogP contribution < -0.4 is 20.7 Å². The van der Waals surface area contributed by atoms with Gasteiger partial charge in [0, 0.05) is 20.1 Å². The molecule has 0 aliphatic carbocycles. The van der Waals surface area contributed by atoms with Crippen molar-refractivity contribution in [2.24, 2.45) is 5.92 Å². The summed E-state index contributed by atoms with van der Waals surface area (Å²) in [4.78, 5) is 37.6. The van der Waals surface area contributed by atoms with Crippen molar-refractivity contribution in [3.63, 3.8) is 0 Å². The summed E-state index contributed by atoms with van der Waals surface area (Å²) in [7, 11) is 3.28. The highest BCUT2D eigenvalue weighted by molar-refractivity contribution is 5.85. The average molecular weight is 493 g/mol. The highest BCUT2D eigenvalue weighted by Crippen LogP contribution is 2.20. The second-order valence-corrected chi connectivity index (χ2v) is 9.44. The van der Waals surface area contributed by atoms with E-state index in [1.807, 2.05) is 38.1 Å². The van der Waals surface area contributed by atoms with Crippen molar-refractivity contribution < 1.29 is 24.2 Å². The molecule has 0 fully saturated rings. The molecular weight excluding hydrogens is 448 g/mol. The standard InChI is InChI=1S/C26H44N4O5/c1-7-19(2)24(25(33)30(6)22(18-31)26(3,4)34)29-15-16-35-21-13-9-8-11-20(21)12-10-14-28-23(32)17-27-5/h8-9,11,13,18-19,22,24,27,29,34H,7,10,12,14-17H2,1-6H3,(H,28,32). The number of carbonyl (C=O) groups is 3. The van der Waals surface area contributed by atoms with Crippen LogP contribution >= 0.6 is 0 Å². The Labute approximate surface area is 210 Å². The molecular formula is C26H44N4O5. The summed E-state index contributed by atoms with van der Waals surface area (Å²) in [6.45, 7) is 8.72. The van der Waals surface area contributed by atoms with Crippen molar-refractivity contribution in [1.29, 1.82) is 0 Å². The van der Waals surface area contributed by atoms with E-state index in [0.29, 0.717) is 32.5 Å². The first kappa shape index (κ1) is 30.5. The van der Waals surface area contributed by atoms with Crippen LogP contribution in [0.1, 0.15) is 46.1 Å². The van der Waals surface area contributed by atoms with E-state index in [0.717, 1.165) is 30.6 Å². The maximum Gasteiger partial charge on any atom is 0.240 e. The lowest BCUT2D eigenvalue weighted by atomic mass is 9.94. The number of aryl methyl sites for hydroxylation is 1. The molecule has 0 saturated heterocycles. The topological polar surface area (TPSA) is 120 Å². The molecule has 3 unspecified atom stereocenters. The molecule has 0 aliphatic heterocycles. The van der Waals surface area contributed by atoms with Gasteiger partial charge >= 0.3 is 0 Å². The van der Waals surface area contributed by atoms with Crippen molar-refractivity contribution in [2.75, 3.05) is 40.3 Å². The van der Waals surface area contributed by atoms with Crippen LogP contribution in [0.15, 0.2) is 24.3 Å². The molecule has 3 atom stereocenters. The summed E-state index contributed by atoms with van der Waals surface area (Å²) in [6, 6.07) is 6.36. The molecule has 0 bridgehead atoms. The second-order valence-electron chi connectivity index (χ2n) is 9.44. The van der Waals surface area contributed by atoms with Crippen LogP contribution in [0.2, 0.25) is 0 Å². The molecule has 0 heterocycles. The van der Waals surface area contributed by atoms with Crippen LogP contribution in [0.4, 0.5) is 0 Å². The Balaban J connectivity index is 2.66. The van der Waals surface area contributed by atoms with Gasteiger partial charge in [0.2, 0.25) is 11.8 Å². The van der Waals surface area contributed by atoms with E-state index >= 15 is 0 Å². The third-order valence-corrected chi connectivity index (χ3v) is 6.08. The highest BCUT2D eigenvalue weighted by atomic mass is 16.5. The zero-order chi connectivity index (χ0) is 26.4. The van der Waals surface area contributed by atoms with E-state index in [1.165, 1.54) is 18.7 Å². The number of aldehydes is 1.